The first-order valence-corrected chi connectivity index (χ1v) is 9.91. The van der Waals surface area contributed by atoms with E-state index >= 15 is 0 Å². The quantitative estimate of drug-likeness (QED) is 0.624. The Bertz CT molecular complexity index is 1020. The third-order valence-electron chi connectivity index (χ3n) is 5.30. The summed E-state index contributed by atoms with van der Waals surface area (Å²) in [6, 6.07) is 14.6. The minimum atomic E-state index is -0.529. The van der Waals surface area contributed by atoms with Gasteiger partial charge in [-0.1, -0.05) is 49.3 Å². The molecule has 0 aliphatic carbocycles. The molecule has 1 aliphatic heterocycles. The van der Waals surface area contributed by atoms with Gasteiger partial charge >= 0.3 is 5.97 Å². The minimum absolute atomic E-state index is 0.146. The fraction of sp³-hybridized carbons (Fsp3) is 0.348. The number of esters is 1. The van der Waals surface area contributed by atoms with Crippen LogP contribution >= 0.6 is 0 Å². The molecule has 0 radical (unpaired) electrons. The van der Waals surface area contributed by atoms with Crippen LogP contribution in [0.15, 0.2) is 53.1 Å². The molecule has 2 heterocycles. The van der Waals surface area contributed by atoms with Gasteiger partial charge in [0.15, 0.2) is 12.4 Å². The van der Waals surface area contributed by atoms with Gasteiger partial charge in [-0.25, -0.2) is 4.79 Å². The summed E-state index contributed by atoms with van der Waals surface area (Å²) >= 11 is 0. The van der Waals surface area contributed by atoms with Crippen molar-refractivity contribution in [2.45, 2.75) is 20.3 Å². The van der Waals surface area contributed by atoms with Crippen molar-refractivity contribution in [1.29, 1.82) is 0 Å². The van der Waals surface area contributed by atoms with Gasteiger partial charge in [-0.15, -0.1) is 0 Å². The summed E-state index contributed by atoms with van der Waals surface area (Å²) in [6.45, 7) is 5.47. The monoisotopic (exact) mass is 392 g/mol. The molecular formula is C23H24N2O4. The van der Waals surface area contributed by atoms with Crippen molar-refractivity contribution < 1.29 is 18.8 Å². The predicted molar refractivity (Wildman–Crippen MR) is 109 cm³/mol. The minimum Gasteiger partial charge on any atom is -0.452 e. The van der Waals surface area contributed by atoms with Crippen LogP contribution in [0.2, 0.25) is 0 Å². The number of aromatic nitrogens is 1. The highest BCUT2D eigenvalue weighted by molar-refractivity contribution is 5.99. The van der Waals surface area contributed by atoms with Crippen LogP contribution in [0.5, 0.6) is 0 Å². The lowest BCUT2D eigenvalue weighted by molar-refractivity contribution is -0.137. The van der Waals surface area contributed by atoms with Gasteiger partial charge in [0.05, 0.1) is 10.9 Å². The van der Waals surface area contributed by atoms with E-state index in [1.54, 1.807) is 23.1 Å². The van der Waals surface area contributed by atoms with Crippen LogP contribution in [0.1, 0.15) is 30.6 Å². The van der Waals surface area contributed by atoms with Gasteiger partial charge in [0, 0.05) is 18.7 Å². The van der Waals surface area contributed by atoms with Gasteiger partial charge in [-0.05, 0) is 36.5 Å². The predicted octanol–water partition coefficient (Wildman–Crippen LogP) is 4.16. The summed E-state index contributed by atoms with van der Waals surface area (Å²) in [5.41, 5.74) is 1.91. The Morgan fingerprint density at radius 1 is 1.10 bits per heavy atom. The molecule has 0 N–H and O–H groups in total. The number of carbonyl (C=O) groups excluding carboxylic acids is 2. The van der Waals surface area contributed by atoms with Gasteiger partial charge in [0.1, 0.15) is 5.52 Å². The van der Waals surface area contributed by atoms with Gasteiger partial charge in [-0.2, -0.15) is 0 Å². The zero-order valence-electron chi connectivity index (χ0n) is 16.6. The summed E-state index contributed by atoms with van der Waals surface area (Å²) in [6.07, 6.45) is 1.12. The number of rotatable bonds is 4. The molecule has 1 aliphatic rings. The number of piperidine rings is 1. The molecule has 0 unspecified atom stereocenters. The average molecular weight is 392 g/mol. The van der Waals surface area contributed by atoms with E-state index in [1.165, 1.54) is 0 Å². The lowest BCUT2D eigenvalue weighted by Gasteiger charge is -2.34. The molecule has 1 saturated heterocycles. The number of hydrogen-bond acceptors (Lipinski definition) is 5. The Morgan fingerprint density at radius 3 is 2.55 bits per heavy atom. The van der Waals surface area contributed by atoms with E-state index in [0.29, 0.717) is 41.8 Å². The lowest BCUT2D eigenvalue weighted by Crippen LogP contribution is -2.44. The number of carbonyl (C=O) groups is 2. The largest absolute Gasteiger partial charge is 0.452 e. The first-order valence-electron chi connectivity index (χ1n) is 9.91. The van der Waals surface area contributed by atoms with Crippen molar-refractivity contribution in [3.8, 4) is 11.3 Å². The molecule has 6 nitrogen and oxygen atoms in total. The second-order valence-corrected chi connectivity index (χ2v) is 7.93. The Morgan fingerprint density at radius 2 is 1.83 bits per heavy atom. The molecule has 3 aromatic rings. The van der Waals surface area contributed by atoms with Crippen LogP contribution in [0, 0.1) is 11.8 Å². The molecule has 4 rings (SSSR count). The second-order valence-electron chi connectivity index (χ2n) is 7.93. The number of hydrogen-bond donors (Lipinski definition) is 0. The molecule has 29 heavy (non-hydrogen) atoms. The molecule has 2 aromatic carbocycles. The van der Waals surface area contributed by atoms with Crippen molar-refractivity contribution in [1.82, 2.24) is 10.1 Å². The Kier molecular flexibility index (Phi) is 5.34. The summed E-state index contributed by atoms with van der Waals surface area (Å²) in [7, 11) is 0. The number of likely N-dealkylation sites (tertiary alicyclic amines) is 1. The number of ether oxygens (including phenoxy) is 1. The average Bonchev–Trinajstić information content (AvgIpc) is 3.15. The molecule has 150 valence electrons. The first kappa shape index (κ1) is 19.2. The van der Waals surface area contributed by atoms with E-state index in [2.05, 4.69) is 19.0 Å². The Labute approximate surface area is 169 Å². The zero-order valence-corrected chi connectivity index (χ0v) is 16.6. The molecule has 0 spiro atoms. The van der Waals surface area contributed by atoms with E-state index in [4.69, 9.17) is 9.26 Å². The number of amides is 1. The van der Waals surface area contributed by atoms with Gasteiger partial charge in [-0.3, -0.25) is 4.79 Å². The van der Waals surface area contributed by atoms with Crippen LogP contribution < -0.4 is 0 Å². The zero-order chi connectivity index (χ0) is 20.4. The number of fused-ring (bicyclic) bond motifs is 1. The maximum atomic E-state index is 12.5. The molecule has 1 aromatic heterocycles. The van der Waals surface area contributed by atoms with Crippen LogP contribution in [0.4, 0.5) is 0 Å². The highest BCUT2D eigenvalue weighted by Gasteiger charge is 2.26. The van der Waals surface area contributed by atoms with Gasteiger partial charge in [0.2, 0.25) is 0 Å². The first-order chi connectivity index (χ1) is 14.0. The summed E-state index contributed by atoms with van der Waals surface area (Å²) in [5, 5.41) is 4.79. The van der Waals surface area contributed by atoms with E-state index in [0.717, 1.165) is 17.4 Å². The molecule has 1 fully saturated rings. The van der Waals surface area contributed by atoms with Crippen molar-refractivity contribution in [2.75, 3.05) is 19.7 Å². The highest BCUT2D eigenvalue weighted by Crippen LogP contribution is 2.29. The molecule has 2 atom stereocenters. The van der Waals surface area contributed by atoms with Crippen LogP contribution in [0.3, 0.4) is 0 Å². The van der Waals surface area contributed by atoms with Gasteiger partial charge < -0.3 is 14.2 Å². The smallest absolute Gasteiger partial charge is 0.338 e. The number of nitrogens with zero attached hydrogens (tertiary/aromatic N) is 2. The fourth-order valence-electron chi connectivity index (χ4n) is 4.03. The molecule has 0 bridgehead atoms. The summed E-state index contributed by atoms with van der Waals surface area (Å²) in [5.74, 6) is 0.852. The second kappa shape index (κ2) is 8.07. The maximum absolute atomic E-state index is 12.5. The third-order valence-corrected chi connectivity index (χ3v) is 5.30. The summed E-state index contributed by atoms with van der Waals surface area (Å²) < 4.78 is 10.8. The summed E-state index contributed by atoms with van der Waals surface area (Å²) in [4.78, 5) is 26.8. The van der Waals surface area contributed by atoms with E-state index < -0.39 is 5.97 Å². The van der Waals surface area contributed by atoms with Crippen LogP contribution in [0.25, 0.3) is 22.2 Å². The normalized spacial score (nSPS) is 19.3. The third kappa shape index (κ3) is 4.16. The van der Waals surface area contributed by atoms with Crippen molar-refractivity contribution >= 4 is 22.8 Å². The van der Waals surface area contributed by atoms with E-state index in [1.807, 2.05) is 30.3 Å². The molecule has 6 heteroatoms. The topological polar surface area (TPSA) is 72.6 Å². The molecular weight excluding hydrogens is 368 g/mol. The van der Waals surface area contributed by atoms with E-state index in [9.17, 15) is 9.59 Å². The Balaban J connectivity index is 1.47. The fourth-order valence-corrected chi connectivity index (χ4v) is 4.03. The van der Waals surface area contributed by atoms with Crippen molar-refractivity contribution in [3.63, 3.8) is 0 Å². The standard InChI is InChI=1S/C23H24N2O4/c1-15-10-16(2)13-25(12-15)21(26)14-28-23(27)18-8-9-20-19(11-18)22(29-24-20)17-6-4-3-5-7-17/h3-9,11,15-16H,10,12-14H2,1-2H3/t15-,16-/m0/s1. The van der Waals surface area contributed by atoms with Gasteiger partial charge in [0.25, 0.3) is 5.91 Å². The molecule has 0 saturated carbocycles. The highest BCUT2D eigenvalue weighted by atomic mass is 16.5. The maximum Gasteiger partial charge on any atom is 0.338 e. The molecule has 1 amide bonds. The SMILES string of the molecule is C[C@H]1C[C@H](C)CN(C(=O)COC(=O)c2ccc3noc(-c4ccccc4)c3c2)C1. The van der Waals surface area contributed by atoms with Crippen molar-refractivity contribution in [3.05, 3.63) is 54.1 Å². The lowest BCUT2D eigenvalue weighted by atomic mass is 9.92. The van der Waals surface area contributed by atoms with Crippen LogP contribution in [-0.2, 0) is 9.53 Å². The van der Waals surface area contributed by atoms with Crippen molar-refractivity contribution in [2.24, 2.45) is 11.8 Å². The number of benzene rings is 2. The Hall–Kier alpha value is -3.15. The van der Waals surface area contributed by atoms with Crippen LogP contribution in [-0.4, -0.2) is 41.6 Å². The van der Waals surface area contributed by atoms with E-state index in [-0.39, 0.29) is 12.5 Å².